The maximum atomic E-state index is 11.1. The number of rotatable bonds is 4. The number of hydrogen-bond acceptors (Lipinski definition) is 6. The monoisotopic (exact) mass is 546 g/mol. The number of allylic oxidation sites excluding steroid dienone is 2. The molecule has 4 aromatic rings. The van der Waals surface area contributed by atoms with Crippen LogP contribution in [0.15, 0.2) is 108 Å². The number of fused-ring (bicyclic) bond motifs is 6. The summed E-state index contributed by atoms with van der Waals surface area (Å²) in [5, 5.41) is 33.3. The number of nitrogens with zero attached hydrogens (tertiary/aromatic N) is 5. The van der Waals surface area contributed by atoms with Gasteiger partial charge in [-0.25, -0.2) is 0 Å². The molecule has 6 heteroatoms. The lowest BCUT2D eigenvalue weighted by Gasteiger charge is -2.55. The van der Waals surface area contributed by atoms with E-state index in [4.69, 9.17) is 5.73 Å². The van der Waals surface area contributed by atoms with E-state index in [0.717, 1.165) is 44.8 Å². The molecule has 0 heterocycles. The molecule has 0 amide bonds. The summed E-state index contributed by atoms with van der Waals surface area (Å²) in [6, 6.07) is 39.2. The predicted molar refractivity (Wildman–Crippen MR) is 165 cm³/mol. The summed E-state index contributed by atoms with van der Waals surface area (Å²) in [7, 11) is 7.88. The summed E-state index contributed by atoms with van der Waals surface area (Å²) < 4.78 is 0. The second kappa shape index (κ2) is 9.27. The molecule has 0 radical (unpaired) electrons. The van der Waals surface area contributed by atoms with E-state index < -0.39 is 16.2 Å². The minimum Gasteiger partial charge on any atom is -0.399 e. The van der Waals surface area contributed by atoms with Crippen molar-refractivity contribution < 1.29 is 0 Å². The zero-order valence-corrected chi connectivity index (χ0v) is 24.1. The first-order chi connectivity index (χ1) is 20.3. The lowest BCUT2D eigenvalue weighted by molar-refractivity contribution is 0.282. The summed E-state index contributed by atoms with van der Waals surface area (Å²) in [6.45, 7) is 0. The highest BCUT2D eigenvalue weighted by Gasteiger charge is 2.77. The van der Waals surface area contributed by atoms with Crippen LogP contribution in [0.4, 0.5) is 11.4 Å². The minimum atomic E-state index is -1.90. The molecule has 4 aromatic carbocycles. The molecule has 6 nitrogen and oxygen atoms in total. The molecular formula is C36H30N6. The zero-order chi connectivity index (χ0) is 29.9. The third kappa shape index (κ3) is 2.95. The van der Waals surface area contributed by atoms with E-state index in [1.807, 2.05) is 135 Å². The maximum absolute atomic E-state index is 11.1. The lowest BCUT2D eigenvalue weighted by atomic mass is 9.42. The van der Waals surface area contributed by atoms with E-state index in [9.17, 15) is 15.8 Å². The summed E-state index contributed by atoms with van der Waals surface area (Å²) in [5.41, 5.74) is 9.56. The highest BCUT2D eigenvalue weighted by atomic mass is 15.1. The summed E-state index contributed by atoms with van der Waals surface area (Å²) in [4.78, 5) is 4.01. The Balaban J connectivity index is 1.92. The molecule has 2 unspecified atom stereocenters. The number of anilines is 2. The van der Waals surface area contributed by atoms with E-state index in [0.29, 0.717) is 0 Å². The van der Waals surface area contributed by atoms with Crippen molar-refractivity contribution >= 4 is 11.4 Å². The molecule has 0 saturated carbocycles. The first-order valence-electron chi connectivity index (χ1n) is 13.7. The van der Waals surface area contributed by atoms with E-state index in [1.165, 1.54) is 0 Å². The third-order valence-corrected chi connectivity index (χ3v) is 9.21. The molecule has 2 aliphatic rings. The molecular weight excluding hydrogens is 516 g/mol. The number of hydrogen-bond donors (Lipinski definition) is 1. The Labute approximate surface area is 246 Å². The molecule has 0 spiro atoms. The van der Waals surface area contributed by atoms with Crippen molar-refractivity contribution in [2.24, 2.45) is 11.1 Å². The van der Waals surface area contributed by atoms with Crippen molar-refractivity contribution in [1.29, 1.82) is 15.8 Å². The molecule has 0 aromatic heterocycles. The molecule has 2 aliphatic carbocycles. The van der Waals surface area contributed by atoms with Crippen molar-refractivity contribution in [2.45, 2.75) is 10.8 Å². The van der Waals surface area contributed by atoms with Crippen LogP contribution in [0.1, 0.15) is 22.3 Å². The Morgan fingerprint density at radius 3 is 1.52 bits per heavy atom. The van der Waals surface area contributed by atoms with Gasteiger partial charge < -0.3 is 15.5 Å². The van der Waals surface area contributed by atoms with Crippen LogP contribution in [0.5, 0.6) is 0 Å². The molecule has 0 fully saturated rings. The first kappa shape index (κ1) is 26.7. The Morgan fingerprint density at radius 1 is 0.595 bits per heavy atom. The van der Waals surface area contributed by atoms with Crippen LogP contribution in [0.2, 0.25) is 0 Å². The predicted octanol–water partition coefficient (Wildman–Crippen LogP) is 5.85. The molecule has 0 saturated heterocycles. The van der Waals surface area contributed by atoms with Crippen molar-refractivity contribution in [3.63, 3.8) is 0 Å². The minimum absolute atomic E-state index is 0.00474. The molecule has 0 aliphatic heterocycles. The third-order valence-electron chi connectivity index (χ3n) is 9.21. The van der Waals surface area contributed by atoms with Gasteiger partial charge in [-0.05, 0) is 57.6 Å². The standard InChI is InChI=1S/C36H30N6/c1-41(2)26-17-13-24(14-18-26)35-30-11-7-5-9-28(30)29-10-6-8-12-31(29)36(35,25-15-19-27(20-16-25)42(3)4)34(22-38,23-39)33(40)32(35)21-37/h5-20H,40H2,1-4H3. The van der Waals surface area contributed by atoms with Crippen LogP contribution in [-0.4, -0.2) is 28.2 Å². The molecule has 6 rings (SSSR count). The van der Waals surface area contributed by atoms with Gasteiger partial charge in [0.25, 0.3) is 0 Å². The number of nitriles is 3. The van der Waals surface area contributed by atoms with E-state index in [1.54, 1.807) is 0 Å². The van der Waals surface area contributed by atoms with E-state index >= 15 is 0 Å². The fourth-order valence-electron chi connectivity index (χ4n) is 7.47. The highest BCUT2D eigenvalue weighted by molar-refractivity contribution is 5.88. The molecule has 0 bridgehead atoms. The van der Waals surface area contributed by atoms with Gasteiger partial charge >= 0.3 is 0 Å². The van der Waals surface area contributed by atoms with Gasteiger partial charge in [-0.1, -0.05) is 72.8 Å². The molecule has 204 valence electrons. The summed E-state index contributed by atoms with van der Waals surface area (Å²) in [6.07, 6.45) is 0. The van der Waals surface area contributed by atoms with Crippen LogP contribution in [0.25, 0.3) is 11.1 Å². The van der Waals surface area contributed by atoms with Crippen LogP contribution >= 0.6 is 0 Å². The van der Waals surface area contributed by atoms with Crippen LogP contribution in [0, 0.1) is 39.4 Å². The molecule has 2 atom stereocenters. The van der Waals surface area contributed by atoms with Crippen molar-refractivity contribution in [3.05, 3.63) is 131 Å². The van der Waals surface area contributed by atoms with E-state index in [-0.39, 0.29) is 11.3 Å². The summed E-state index contributed by atoms with van der Waals surface area (Å²) in [5.74, 6) is 0. The van der Waals surface area contributed by atoms with Gasteiger partial charge in [-0.3, -0.25) is 0 Å². The van der Waals surface area contributed by atoms with Gasteiger partial charge in [-0.15, -0.1) is 0 Å². The molecule has 42 heavy (non-hydrogen) atoms. The van der Waals surface area contributed by atoms with Crippen LogP contribution in [0.3, 0.4) is 0 Å². The SMILES string of the molecule is CN(C)c1ccc(C23C(C#N)=C(N)C(C#N)(C#N)C2(c2ccc(N(C)C)cc2)c2ccccc2-c2ccccc23)cc1. The maximum Gasteiger partial charge on any atom is 0.198 e. The highest BCUT2D eigenvalue weighted by Crippen LogP contribution is 2.73. The topological polar surface area (TPSA) is 104 Å². The number of nitrogens with two attached hydrogens (primary N) is 1. The smallest absolute Gasteiger partial charge is 0.198 e. The van der Waals surface area contributed by atoms with Gasteiger partial charge in [0.1, 0.15) is 0 Å². The Bertz CT molecular complexity index is 1870. The quantitative estimate of drug-likeness (QED) is 0.344. The zero-order valence-electron chi connectivity index (χ0n) is 24.1. The van der Waals surface area contributed by atoms with Gasteiger partial charge in [0, 0.05) is 39.6 Å². The van der Waals surface area contributed by atoms with Crippen molar-refractivity contribution in [2.75, 3.05) is 38.0 Å². The molecule has 2 N–H and O–H groups in total. The first-order valence-corrected chi connectivity index (χ1v) is 13.7. The van der Waals surface area contributed by atoms with Gasteiger partial charge in [-0.2, -0.15) is 15.8 Å². The van der Waals surface area contributed by atoms with Gasteiger partial charge in [0.05, 0.1) is 40.3 Å². The normalized spacial score (nSPS) is 21.2. The van der Waals surface area contributed by atoms with E-state index in [2.05, 4.69) is 18.2 Å². The van der Waals surface area contributed by atoms with Crippen LogP contribution in [-0.2, 0) is 10.8 Å². The average molecular weight is 547 g/mol. The largest absolute Gasteiger partial charge is 0.399 e. The Morgan fingerprint density at radius 2 is 1.05 bits per heavy atom. The Hall–Kier alpha value is -5.51. The fourth-order valence-corrected chi connectivity index (χ4v) is 7.47. The Kier molecular flexibility index (Phi) is 5.89. The summed E-state index contributed by atoms with van der Waals surface area (Å²) >= 11 is 0. The lowest BCUT2D eigenvalue weighted by Crippen LogP contribution is -2.58. The van der Waals surface area contributed by atoms with Crippen molar-refractivity contribution in [3.8, 4) is 29.3 Å². The fraction of sp³-hybridized carbons (Fsp3) is 0.194. The second-order valence-corrected chi connectivity index (χ2v) is 11.3. The van der Waals surface area contributed by atoms with Crippen LogP contribution < -0.4 is 15.5 Å². The number of benzene rings is 4. The second-order valence-electron chi connectivity index (χ2n) is 11.3. The van der Waals surface area contributed by atoms with Gasteiger partial charge in [0.15, 0.2) is 5.41 Å². The van der Waals surface area contributed by atoms with Crippen molar-refractivity contribution in [1.82, 2.24) is 0 Å². The van der Waals surface area contributed by atoms with Gasteiger partial charge in [0.2, 0.25) is 0 Å². The average Bonchev–Trinajstić information content (AvgIpc) is 3.23.